The molecule has 0 spiro atoms. The number of anilines is 2. The molecule has 7 nitrogen and oxygen atoms in total. The Hall–Kier alpha value is -2.06. The molecule has 2 aromatic rings. The Bertz CT molecular complexity index is 661. The van der Waals surface area contributed by atoms with Gasteiger partial charge in [-0.3, -0.25) is 0 Å². The minimum absolute atomic E-state index is 0.182. The molecule has 0 radical (unpaired) electrons. The van der Waals surface area contributed by atoms with Crippen LogP contribution < -0.4 is 10.2 Å². The molecular formula is C12H17F2N7. The standard InChI is InChI=1S/C12H17F2N7/c1-11(2,3)17-10-15-8-7(18-20-19-8)9(16-10)21-5-4-12(13,14)6-21/h4-6H2,1-3H3,(H2,15,16,17,18,19,20). The zero-order valence-corrected chi connectivity index (χ0v) is 12.1. The lowest BCUT2D eigenvalue weighted by Gasteiger charge is -2.22. The first-order valence-electron chi connectivity index (χ1n) is 6.73. The van der Waals surface area contributed by atoms with Gasteiger partial charge in [-0.05, 0) is 20.8 Å². The number of halogens is 2. The number of nitrogens with zero attached hydrogens (tertiary/aromatic N) is 5. The van der Waals surface area contributed by atoms with E-state index in [0.717, 1.165) is 0 Å². The molecule has 2 N–H and O–H groups in total. The minimum atomic E-state index is -2.70. The van der Waals surface area contributed by atoms with Crippen LogP contribution in [0.15, 0.2) is 0 Å². The molecule has 0 atom stereocenters. The van der Waals surface area contributed by atoms with E-state index in [9.17, 15) is 8.78 Å². The van der Waals surface area contributed by atoms with Crippen LogP contribution in [0.5, 0.6) is 0 Å². The number of rotatable bonds is 2. The summed E-state index contributed by atoms with van der Waals surface area (Å²) >= 11 is 0. The van der Waals surface area contributed by atoms with Crippen molar-refractivity contribution >= 4 is 22.9 Å². The summed E-state index contributed by atoms with van der Waals surface area (Å²) in [5.74, 6) is -1.94. The van der Waals surface area contributed by atoms with Gasteiger partial charge in [-0.1, -0.05) is 5.21 Å². The van der Waals surface area contributed by atoms with Crippen LogP contribution >= 0.6 is 0 Å². The third-order valence-electron chi connectivity index (χ3n) is 3.13. The summed E-state index contributed by atoms with van der Waals surface area (Å²) in [6.45, 7) is 5.78. The molecule has 0 aromatic carbocycles. The average molecular weight is 297 g/mol. The summed E-state index contributed by atoms with van der Waals surface area (Å²) in [7, 11) is 0. The first kappa shape index (κ1) is 13.9. The number of aromatic amines is 1. The second-order valence-electron chi connectivity index (χ2n) is 6.28. The molecule has 1 fully saturated rings. The fraction of sp³-hybridized carbons (Fsp3) is 0.667. The molecule has 114 valence electrons. The summed E-state index contributed by atoms with van der Waals surface area (Å²) in [6.07, 6.45) is -0.182. The van der Waals surface area contributed by atoms with Gasteiger partial charge in [-0.25, -0.2) is 13.9 Å². The van der Waals surface area contributed by atoms with E-state index in [0.29, 0.717) is 22.9 Å². The Morgan fingerprint density at radius 3 is 2.67 bits per heavy atom. The highest BCUT2D eigenvalue weighted by Gasteiger charge is 2.39. The highest BCUT2D eigenvalue weighted by Crippen LogP contribution is 2.32. The van der Waals surface area contributed by atoms with E-state index in [-0.39, 0.29) is 25.0 Å². The van der Waals surface area contributed by atoms with Crippen LogP contribution in [-0.4, -0.2) is 49.9 Å². The lowest BCUT2D eigenvalue weighted by Crippen LogP contribution is -2.29. The van der Waals surface area contributed by atoms with Crippen molar-refractivity contribution in [1.29, 1.82) is 0 Å². The molecule has 0 unspecified atom stereocenters. The normalized spacial score (nSPS) is 18.4. The summed E-state index contributed by atoms with van der Waals surface area (Å²) in [6, 6.07) is 0. The zero-order chi connectivity index (χ0) is 15.3. The van der Waals surface area contributed by atoms with E-state index < -0.39 is 5.92 Å². The van der Waals surface area contributed by atoms with Gasteiger partial charge < -0.3 is 10.2 Å². The van der Waals surface area contributed by atoms with Crippen LogP contribution in [-0.2, 0) is 0 Å². The summed E-state index contributed by atoms with van der Waals surface area (Å²) in [4.78, 5) is 10.2. The van der Waals surface area contributed by atoms with Crippen molar-refractivity contribution in [1.82, 2.24) is 25.4 Å². The van der Waals surface area contributed by atoms with Crippen molar-refractivity contribution in [2.75, 3.05) is 23.3 Å². The maximum absolute atomic E-state index is 13.4. The second kappa shape index (κ2) is 4.47. The number of aromatic nitrogens is 5. The van der Waals surface area contributed by atoms with Crippen molar-refractivity contribution in [3.63, 3.8) is 0 Å². The molecule has 9 heteroatoms. The topological polar surface area (TPSA) is 82.6 Å². The molecule has 0 bridgehead atoms. The Labute approximate surface area is 120 Å². The van der Waals surface area contributed by atoms with Crippen molar-refractivity contribution < 1.29 is 8.78 Å². The molecule has 3 rings (SSSR count). The van der Waals surface area contributed by atoms with Gasteiger partial charge in [-0.15, -0.1) is 5.10 Å². The van der Waals surface area contributed by atoms with Gasteiger partial charge in [0.15, 0.2) is 17.0 Å². The molecule has 21 heavy (non-hydrogen) atoms. The van der Waals surface area contributed by atoms with Gasteiger partial charge >= 0.3 is 0 Å². The first-order valence-corrected chi connectivity index (χ1v) is 6.73. The summed E-state index contributed by atoms with van der Waals surface area (Å²) in [5.41, 5.74) is 0.599. The van der Waals surface area contributed by atoms with Crippen LogP contribution in [0.25, 0.3) is 11.2 Å². The summed E-state index contributed by atoms with van der Waals surface area (Å²) in [5, 5.41) is 13.4. The fourth-order valence-electron chi connectivity index (χ4n) is 2.26. The van der Waals surface area contributed by atoms with Crippen LogP contribution in [0.3, 0.4) is 0 Å². The van der Waals surface area contributed by atoms with Crippen molar-refractivity contribution in [2.24, 2.45) is 0 Å². The van der Waals surface area contributed by atoms with Crippen molar-refractivity contribution in [3.05, 3.63) is 0 Å². The predicted molar refractivity (Wildman–Crippen MR) is 74.6 cm³/mol. The summed E-state index contributed by atoms with van der Waals surface area (Å²) < 4.78 is 26.9. The smallest absolute Gasteiger partial charge is 0.266 e. The number of hydrogen-bond donors (Lipinski definition) is 2. The van der Waals surface area contributed by atoms with E-state index in [4.69, 9.17) is 0 Å². The average Bonchev–Trinajstić information content (AvgIpc) is 2.91. The molecule has 2 aromatic heterocycles. The predicted octanol–water partition coefficient (Wildman–Crippen LogP) is 1.80. The minimum Gasteiger partial charge on any atom is -0.350 e. The highest BCUT2D eigenvalue weighted by molar-refractivity contribution is 5.83. The van der Waals surface area contributed by atoms with Gasteiger partial charge in [0.25, 0.3) is 5.92 Å². The van der Waals surface area contributed by atoms with E-state index in [1.54, 1.807) is 0 Å². The number of fused-ring (bicyclic) bond motifs is 1. The van der Waals surface area contributed by atoms with E-state index in [1.165, 1.54) is 4.90 Å². The lowest BCUT2D eigenvalue weighted by molar-refractivity contribution is 0.0257. The maximum atomic E-state index is 13.4. The molecule has 1 saturated heterocycles. The third kappa shape index (κ3) is 2.86. The number of nitrogens with one attached hydrogen (secondary N) is 2. The molecule has 1 aliphatic rings. The molecule has 0 aliphatic carbocycles. The first-order chi connectivity index (χ1) is 9.73. The lowest BCUT2D eigenvalue weighted by atomic mass is 10.1. The Morgan fingerprint density at radius 1 is 1.29 bits per heavy atom. The van der Waals surface area contributed by atoms with Crippen LogP contribution in [0.1, 0.15) is 27.2 Å². The molecular weight excluding hydrogens is 280 g/mol. The Kier molecular flexibility index (Phi) is 2.96. The Morgan fingerprint density at radius 2 is 2.05 bits per heavy atom. The van der Waals surface area contributed by atoms with Crippen molar-refractivity contribution in [2.45, 2.75) is 38.7 Å². The molecule has 0 amide bonds. The maximum Gasteiger partial charge on any atom is 0.266 e. The van der Waals surface area contributed by atoms with Gasteiger partial charge in [0, 0.05) is 18.5 Å². The largest absolute Gasteiger partial charge is 0.350 e. The van der Waals surface area contributed by atoms with Gasteiger partial charge in [0.1, 0.15) is 0 Å². The quantitative estimate of drug-likeness (QED) is 0.879. The van der Waals surface area contributed by atoms with E-state index in [1.807, 2.05) is 20.8 Å². The molecule has 0 saturated carbocycles. The molecule has 1 aliphatic heterocycles. The fourth-order valence-corrected chi connectivity index (χ4v) is 2.26. The highest BCUT2D eigenvalue weighted by atomic mass is 19.3. The van der Waals surface area contributed by atoms with Gasteiger partial charge in [-0.2, -0.15) is 9.97 Å². The van der Waals surface area contributed by atoms with E-state index >= 15 is 0 Å². The van der Waals surface area contributed by atoms with Crippen LogP contribution in [0.2, 0.25) is 0 Å². The SMILES string of the molecule is CC(C)(C)Nc1nc(N2CCC(F)(F)C2)c2nn[nH]c2n1. The number of hydrogen-bond acceptors (Lipinski definition) is 6. The third-order valence-corrected chi connectivity index (χ3v) is 3.13. The molecule has 3 heterocycles. The second-order valence-corrected chi connectivity index (χ2v) is 6.28. The van der Waals surface area contributed by atoms with Gasteiger partial charge in [0.05, 0.1) is 6.54 Å². The monoisotopic (exact) mass is 297 g/mol. The van der Waals surface area contributed by atoms with Crippen LogP contribution in [0.4, 0.5) is 20.5 Å². The van der Waals surface area contributed by atoms with Crippen LogP contribution in [0, 0.1) is 0 Å². The zero-order valence-electron chi connectivity index (χ0n) is 12.1. The number of alkyl halides is 2. The van der Waals surface area contributed by atoms with Crippen molar-refractivity contribution in [3.8, 4) is 0 Å². The number of H-pyrrole nitrogens is 1. The Balaban J connectivity index is 2.02. The van der Waals surface area contributed by atoms with E-state index in [2.05, 4.69) is 30.7 Å². The van der Waals surface area contributed by atoms with Gasteiger partial charge in [0.2, 0.25) is 5.95 Å².